The van der Waals surface area contributed by atoms with Crippen LogP contribution in [0, 0.1) is 6.92 Å². The Kier molecular flexibility index (Phi) is 6.36. The molecule has 2 aliphatic heterocycles. The number of hydrogen-bond acceptors (Lipinski definition) is 6. The molecule has 0 radical (unpaired) electrons. The standard InChI is InChI=1S/C27H30N4O3/c1-20-9-11-21(12-10-20)22-18-24(26-8-5-17-34-26)31(28-22)27(32)19-29-13-15-30(16-14-29)23-6-3-4-7-25(23)33-2/h3-12,17,24H,13-16,18-19H2,1-2H3. The quantitative estimate of drug-likeness (QED) is 0.557. The SMILES string of the molecule is COc1ccccc1N1CCN(CC(=O)N2N=C(c3ccc(C)cc3)CC2c2ccco2)CC1. The minimum absolute atomic E-state index is 0.00532. The third-order valence-corrected chi connectivity index (χ3v) is 6.58. The summed E-state index contributed by atoms with van der Waals surface area (Å²) in [6.07, 6.45) is 2.29. The van der Waals surface area contributed by atoms with Crippen LogP contribution in [0.2, 0.25) is 0 Å². The molecule has 0 aliphatic carbocycles. The van der Waals surface area contributed by atoms with Gasteiger partial charge in [-0.05, 0) is 36.8 Å². The molecule has 0 bridgehead atoms. The maximum Gasteiger partial charge on any atom is 0.257 e. The molecule has 3 aromatic rings. The Morgan fingerprint density at radius 2 is 1.79 bits per heavy atom. The van der Waals surface area contributed by atoms with E-state index in [0.29, 0.717) is 13.0 Å². The number of piperazine rings is 1. The van der Waals surface area contributed by atoms with E-state index in [-0.39, 0.29) is 11.9 Å². The number of amides is 1. The first-order valence-electron chi connectivity index (χ1n) is 11.7. The molecule has 5 rings (SSSR count). The van der Waals surface area contributed by atoms with Gasteiger partial charge in [-0.1, -0.05) is 42.0 Å². The summed E-state index contributed by atoms with van der Waals surface area (Å²) < 4.78 is 11.2. The summed E-state index contributed by atoms with van der Waals surface area (Å²) >= 11 is 0. The molecule has 3 heterocycles. The van der Waals surface area contributed by atoms with E-state index in [2.05, 4.69) is 47.1 Å². The van der Waals surface area contributed by atoms with Crippen molar-refractivity contribution in [3.63, 3.8) is 0 Å². The Balaban J connectivity index is 1.27. The Morgan fingerprint density at radius 1 is 1.03 bits per heavy atom. The number of carbonyl (C=O) groups excluding carboxylic acids is 1. The fourth-order valence-electron chi connectivity index (χ4n) is 4.66. The molecule has 176 valence electrons. The van der Waals surface area contributed by atoms with Crippen LogP contribution >= 0.6 is 0 Å². The molecule has 1 amide bonds. The van der Waals surface area contributed by atoms with Gasteiger partial charge in [0.05, 0.1) is 31.3 Å². The molecular weight excluding hydrogens is 428 g/mol. The van der Waals surface area contributed by atoms with Crippen molar-refractivity contribution in [2.75, 3.05) is 44.7 Å². The van der Waals surface area contributed by atoms with Gasteiger partial charge in [0.15, 0.2) is 0 Å². The highest BCUT2D eigenvalue weighted by atomic mass is 16.5. The number of methoxy groups -OCH3 is 1. The summed E-state index contributed by atoms with van der Waals surface area (Å²) in [7, 11) is 1.70. The first-order valence-corrected chi connectivity index (χ1v) is 11.7. The largest absolute Gasteiger partial charge is 0.495 e. The van der Waals surface area contributed by atoms with E-state index in [4.69, 9.17) is 14.3 Å². The second-order valence-electron chi connectivity index (χ2n) is 8.82. The van der Waals surface area contributed by atoms with Crippen LogP contribution in [0.1, 0.15) is 29.3 Å². The maximum absolute atomic E-state index is 13.4. The highest BCUT2D eigenvalue weighted by Crippen LogP contribution is 2.33. The van der Waals surface area contributed by atoms with Crippen molar-refractivity contribution in [3.8, 4) is 5.75 Å². The molecule has 0 N–H and O–H groups in total. The van der Waals surface area contributed by atoms with Crippen LogP contribution in [0.15, 0.2) is 76.4 Å². The monoisotopic (exact) mass is 458 g/mol. The van der Waals surface area contributed by atoms with Crippen LogP contribution < -0.4 is 9.64 Å². The van der Waals surface area contributed by atoms with Crippen molar-refractivity contribution in [3.05, 3.63) is 83.8 Å². The van der Waals surface area contributed by atoms with Gasteiger partial charge in [-0.25, -0.2) is 5.01 Å². The number of nitrogens with zero attached hydrogens (tertiary/aromatic N) is 4. The minimum atomic E-state index is -0.214. The van der Waals surface area contributed by atoms with E-state index < -0.39 is 0 Å². The smallest absolute Gasteiger partial charge is 0.257 e. The first-order chi connectivity index (χ1) is 16.6. The van der Waals surface area contributed by atoms with Crippen molar-refractivity contribution in [1.29, 1.82) is 0 Å². The molecule has 1 saturated heterocycles. The lowest BCUT2D eigenvalue weighted by Gasteiger charge is -2.36. The van der Waals surface area contributed by atoms with E-state index in [0.717, 1.165) is 54.7 Å². The van der Waals surface area contributed by atoms with Crippen molar-refractivity contribution >= 4 is 17.3 Å². The molecule has 1 fully saturated rings. The number of hydrazone groups is 1. The molecule has 7 nitrogen and oxygen atoms in total. The van der Waals surface area contributed by atoms with Crippen LogP contribution in [-0.4, -0.2) is 61.4 Å². The summed E-state index contributed by atoms with van der Waals surface area (Å²) in [6, 6.07) is 19.9. The van der Waals surface area contributed by atoms with E-state index in [1.54, 1.807) is 18.4 Å². The zero-order valence-corrected chi connectivity index (χ0v) is 19.7. The highest BCUT2D eigenvalue weighted by molar-refractivity contribution is 6.03. The summed E-state index contributed by atoms with van der Waals surface area (Å²) in [5.74, 6) is 1.64. The average molecular weight is 459 g/mol. The van der Waals surface area contributed by atoms with Crippen molar-refractivity contribution in [1.82, 2.24) is 9.91 Å². The average Bonchev–Trinajstić information content (AvgIpc) is 3.55. The molecular formula is C27H30N4O3. The van der Waals surface area contributed by atoms with Gasteiger partial charge in [-0.2, -0.15) is 5.10 Å². The van der Waals surface area contributed by atoms with Crippen LogP contribution in [0.3, 0.4) is 0 Å². The van der Waals surface area contributed by atoms with Gasteiger partial charge in [0.25, 0.3) is 5.91 Å². The number of benzene rings is 2. The number of ether oxygens (including phenoxy) is 1. The number of hydrogen-bond donors (Lipinski definition) is 0. The van der Waals surface area contributed by atoms with Crippen molar-refractivity contribution in [2.45, 2.75) is 19.4 Å². The second-order valence-corrected chi connectivity index (χ2v) is 8.82. The number of anilines is 1. The van der Waals surface area contributed by atoms with Crippen LogP contribution in [0.4, 0.5) is 5.69 Å². The normalized spacial score (nSPS) is 18.8. The fourth-order valence-corrected chi connectivity index (χ4v) is 4.66. The molecule has 34 heavy (non-hydrogen) atoms. The third-order valence-electron chi connectivity index (χ3n) is 6.58. The van der Waals surface area contributed by atoms with Crippen LogP contribution in [0.25, 0.3) is 0 Å². The third kappa shape index (κ3) is 4.56. The van der Waals surface area contributed by atoms with Gasteiger partial charge in [0.1, 0.15) is 17.6 Å². The Morgan fingerprint density at radius 3 is 2.50 bits per heavy atom. The summed E-state index contributed by atoms with van der Waals surface area (Å²) in [4.78, 5) is 17.9. The lowest BCUT2D eigenvalue weighted by molar-refractivity contribution is -0.134. The summed E-state index contributed by atoms with van der Waals surface area (Å²) in [5.41, 5.74) is 4.25. The van der Waals surface area contributed by atoms with Gasteiger partial charge < -0.3 is 14.1 Å². The second kappa shape index (κ2) is 9.73. The van der Waals surface area contributed by atoms with Crippen molar-refractivity contribution < 1.29 is 13.9 Å². The lowest BCUT2D eigenvalue weighted by Crippen LogP contribution is -2.49. The fraction of sp³-hybridized carbons (Fsp3) is 0.333. The molecule has 1 unspecified atom stereocenters. The van der Waals surface area contributed by atoms with Gasteiger partial charge in [0, 0.05) is 32.6 Å². The van der Waals surface area contributed by atoms with E-state index in [1.165, 1.54) is 5.56 Å². The zero-order valence-electron chi connectivity index (χ0n) is 19.7. The molecule has 0 saturated carbocycles. The maximum atomic E-state index is 13.4. The molecule has 0 spiro atoms. The van der Waals surface area contributed by atoms with Crippen LogP contribution in [0.5, 0.6) is 5.75 Å². The predicted octanol–water partition coefficient (Wildman–Crippen LogP) is 4.10. The number of rotatable bonds is 6. The minimum Gasteiger partial charge on any atom is -0.495 e. The molecule has 1 atom stereocenters. The van der Waals surface area contributed by atoms with E-state index in [9.17, 15) is 4.79 Å². The lowest BCUT2D eigenvalue weighted by atomic mass is 10.0. The van der Waals surface area contributed by atoms with Gasteiger partial charge >= 0.3 is 0 Å². The number of carbonyl (C=O) groups is 1. The van der Waals surface area contributed by atoms with E-state index in [1.807, 2.05) is 30.3 Å². The predicted molar refractivity (Wildman–Crippen MR) is 132 cm³/mol. The molecule has 1 aromatic heterocycles. The number of aryl methyl sites for hydroxylation is 1. The van der Waals surface area contributed by atoms with Crippen molar-refractivity contribution in [2.24, 2.45) is 5.10 Å². The number of furan rings is 1. The summed E-state index contributed by atoms with van der Waals surface area (Å²) in [6.45, 7) is 5.69. The number of para-hydroxylation sites is 2. The first kappa shape index (κ1) is 22.2. The Labute approximate surface area is 200 Å². The summed E-state index contributed by atoms with van der Waals surface area (Å²) in [5, 5.41) is 6.39. The molecule has 2 aromatic carbocycles. The topological polar surface area (TPSA) is 61.5 Å². The van der Waals surface area contributed by atoms with Gasteiger partial charge in [-0.15, -0.1) is 0 Å². The van der Waals surface area contributed by atoms with Gasteiger partial charge in [-0.3, -0.25) is 9.69 Å². The molecule has 7 heteroatoms. The molecule has 2 aliphatic rings. The van der Waals surface area contributed by atoms with E-state index >= 15 is 0 Å². The van der Waals surface area contributed by atoms with Crippen LogP contribution in [-0.2, 0) is 4.79 Å². The van der Waals surface area contributed by atoms with Gasteiger partial charge in [0.2, 0.25) is 0 Å². The highest BCUT2D eigenvalue weighted by Gasteiger charge is 2.35. The Bertz CT molecular complexity index is 1150. The zero-order chi connectivity index (χ0) is 23.5. The Hall–Kier alpha value is -3.58.